The molecule has 2 aromatic carbocycles. The van der Waals surface area contributed by atoms with Crippen molar-refractivity contribution in [3.05, 3.63) is 47.0 Å². The highest BCUT2D eigenvalue weighted by Crippen LogP contribution is 2.34. The Hall–Kier alpha value is -2.31. The first kappa shape index (κ1) is 16.5. The fraction of sp³-hybridized carbons (Fsp3) is 0.176. The number of aryl methyl sites for hydroxylation is 1. The van der Waals surface area contributed by atoms with Crippen LogP contribution in [0.15, 0.2) is 36.4 Å². The highest BCUT2D eigenvalue weighted by atomic mass is 35.5. The molecule has 0 saturated carbocycles. The maximum Gasteiger partial charge on any atom is 0.264 e. The lowest BCUT2D eigenvalue weighted by atomic mass is 10.2. The van der Waals surface area contributed by atoms with Gasteiger partial charge in [-0.1, -0.05) is 40.6 Å². The summed E-state index contributed by atoms with van der Waals surface area (Å²) >= 11 is 7.43. The second-order valence-corrected chi connectivity index (χ2v) is 6.56. The van der Waals surface area contributed by atoms with Crippen molar-refractivity contribution in [2.45, 2.75) is 6.92 Å². The van der Waals surface area contributed by atoms with Gasteiger partial charge in [0.2, 0.25) is 0 Å². The van der Waals surface area contributed by atoms with Crippen LogP contribution in [0.2, 0.25) is 5.02 Å². The van der Waals surface area contributed by atoms with Crippen molar-refractivity contribution >= 4 is 44.2 Å². The number of carbonyl (C=O) groups excluding carboxylic acids is 1. The number of nitrogens with one attached hydrogen (secondary N) is 1. The lowest BCUT2D eigenvalue weighted by Crippen LogP contribution is -2.19. The highest BCUT2D eigenvalue weighted by Gasteiger charge is 2.11. The SMILES string of the molecule is COc1cc2sc(NC(=O)COc3ccc(C)cc3)nc2cc1Cl. The Morgan fingerprint density at radius 1 is 1.29 bits per heavy atom. The van der Waals surface area contributed by atoms with Crippen LogP contribution in [-0.2, 0) is 4.79 Å². The third kappa shape index (κ3) is 3.77. The van der Waals surface area contributed by atoms with Gasteiger partial charge in [-0.05, 0) is 25.1 Å². The van der Waals surface area contributed by atoms with E-state index in [0.29, 0.717) is 27.2 Å². The Morgan fingerprint density at radius 2 is 2.04 bits per heavy atom. The van der Waals surface area contributed by atoms with E-state index in [1.54, 1.807) is 19.2 Å². The molecule has 3 rings (SSSR count). The largest absolute Gasteiger partial charge is 0.495 e. The first-order chi connectivity index (χ1) is 11.5. The summed E-state index contributed by atoms with van der Waals surface area (Å²) in [6.45, 7) is 1.91. The molecule has 1 N–H and O–H groups in total. The number of thiazole rings is 1. The van der Waals surface area contributed by atoms with Gasteiger partial charge in [-0.25, -0.2) is 4.98 Å². The first-order valence-corrected chi connectivity index (χ1v) is 8.38. The van der Waals surface area contributed by atoms with Gasteiger partial charge in [-0.3, -0.25) is 10.1 Å². The Kier molecular flexibility index (Phi) is 4.87. The molecule has 7 heteroatoms. The van der Waals surface area contributed by atoms with Gasteiger partial charge in [-0.2, -0.15) is 0 Å². The van der Waals surface area contributed by atoms with Gasteiger partial charge in [0.05, 0.1) is 22.3 Å². The van der Waals surface area contributed by atoms with Crippen LogP contribution < -0.4 is 14.8 Å². The number of hydrogen-bond donors (Lipinski definition) is 1. The Morgan fingerprint density at radius 3 is 2.75 bits per heavy atom. The molecular weight excluding hydrogens is 348 g/mol. The van der Waals surface area contributed by atoms with Gasteiger partial charge in [0, 0.05) is 6.07 Å². The van der Waals surface area contributed by atoms with E-state index in [4.69, 9.17) is 21.1 Å². The number of rotatable bonds is 5. The minimum Gasteiger partial charge on any atom is -0.495 e. The number of ether oxygens (including phenoxy) is 2. The van der Waals surface area contributed by atoms with Crippen molar-refractivity contribution in [3.8, 4) is 11.5 Å². The Balaban J connectivity index is 1.65. The Labute approximate surface area is 148 Å². The second-order valence-electron chi connectivity index (χ2n) is 5.12. The molecule has 0 bridgehead atoms. The highest BCUT2D eigenvalue weighted by molar-refractivity contribution is 7.22. The predicted octanol–water partition coefficient (Wildman–Crippen LogP) is 4.28. The van der Waals surface area contributed by atoms with Gasteiger partial charge < -0.3 is 9.47 Å². The minimum atomic E-state index is -0.271. The molecule has 0 aliphatic rings. The van der Waals surface area contributed by atoms with E-state index in [1.807, 2.05) is 31.2 Å². The number of hydrogen-bond acceptors (Lipinski definition) is 5. The predicted molar refractivity (Wildman–Crippen MR) is 96.5 cm³/mol. The van der Waals surface area contributed by atoms with E-state index in [9.17, 15) is 4.79 Å². The average molecular weight is 363 g/mol. The quantitative estimate of drug-likeness (QED) is 0.735. The average Bonchev–Trinajstić information content (AvgIpc) is 2.94. The summed E-state index contributed by atoms with van der Waals surface area (Å²) in [5, 5.41) is 3.70. The van der Waals surface area contributed by atoms with Gasteiger partial charge in [0.25, 0.3) is 5.91 Å². The maximum atomic E-state index is 12.0. The standard InChI is InChI=1S/C17H15ClN2O3S/c1-10-3-5-11(6-4-10)23-9-16(21)20-17-19-13-7-12(18)14(22-2)8-15(13)24-17/h3-8H,9H2,1-2H3,(H,19,20,21). The molecule has 0 aliphatic heterocycles. The number of benzene rings is 2. The lowest BCUT2D eigenvalue weighted by Gasteiger charge is -2.05. The fourth-order valence-electron chi connectivity index (χ4n) is 2.08. The molecule has 3 aromatic rings. The number of carbonyl (C=O) groups is 1. The van der Waals surface area contributed by atoms with E-state index in [0.717, 1.165) is 10.3 Å². The summed E-state index contributed by atoms with van der Waals surface area (Å²) in [6.07, 6.45) is 0. The topological polar surface area (TPSA) is 60.5 Å². The van der Waals surface area contributed by atoms with Crippen molar-refractivity contribution in [2.75, 3.05) is 19.0 Å². The van der Waals surface area contributed by atoms with Crippen molar-refractivity contribution < 1.29 is 14.3 Å². The minimum absolute atomic E-state index is 0.0803. The first-order valence-electron chi connectivity index (χ1n) is 7.18. The number of amides is 1. The van der Waals surface area contributed by atoms with Crippen LogP contribution in [0.3, 0.4) is 0 Å². The smallest absolute Gasteiger partial charge is 0.264 e. The van der Waals surface area contributed by atoms with E-state index in [1.165, 1.54) is 11.3 Å². The third-order valence-electron chi connectivity index (χ3n) is 3.30. The third-order valence-corrected chi connectivity index (χ3v) is 4.53. The van der Waals surface area contributed by atoms with Crippen LogP contribution >= 0.6 is 22.9 Å². The van der Waals surface area contributed by atoms with E-state index in [2.05, 4.69) is 10.3 Å². The Bertz CT molecular complexity index is 877. The van der Waals surface area contributed by atoms with Crippen LogP contribution in [0.5, 0.6) is 11.5 Å². The van der Waals surface area contributed by atoms with Gasteiger partial charge >= 0.3 is 0 Å². The van der Waals surface area contributed by atoms with Gasteiger partial charge in [-0.15, -0.1) is 0 Å². The zero-order chi connectivity index (χ0) is 17.1. The molecule has 0 atom stereocenters. The molecule has 0 fully saturated rings. The summed E-state index contributed by atoms with van der Waals surface area (Å²) < 4.78 is 11.5. The van der Waals surface area contributed by atoms with E-state index in [-0.39, 0.29) is 12.5 Å². The van der Waals surface area contributed by atoms with E-state index >= 15 is 0 Å². The van der Waals surface area contributed by atoms with Crippen molar-refractivity contribution in [1.82, 2.24) is 4.98 Å². The van der Waals surface area contributed by atoms with Crippen LogP contribution in [0.1, 0.15) is 5.56 Å². The molecular formula is C17H15ClN2O3S. The van der Waals surface area contributed by atoms with Gasteiger partial charge in [0.15, 0.2) is 11.7 Å². The van der Waals surface area contributed by atoms with E-state index < -0.39 is 0 Å². The lowest BCUT2D eigenvalue weighted by molar-refractivity contribution is -0.118. The molecule has 1 heterocycles. The molecule has 0 aliphatic carbocycles. The summed E-state index contributed by atoms with van der Waals surface area (Å²) in [4.78, 5) is 16.3. The molecule has 24 heavy (non-hydrogen) atoms. The monoisotopic (exact) mass is 362 g/mol. The van der Waals surface area contributed by atoms with Crippen LogP contribution in [0, 0.1) is 6.92 Å². The normalized spacial score (nSPS) is 10.6. The molecule has 1 amide bonds. The van der Waals surface area contributed by atoms with Crippen molar-refractivity contribution in [2.24, 2.45) is 0 Å². The molecule has 1 aromatic heterocycles. The number of anilines is 1. The second kappa shape index (κ2) is 7.07. The summed E-state index contributed by atoms with van der Waals surface area (Å²) in [5.74, 6) is 0.956. The summed E-state index contributed by atoms with van der Waals surface area (Å²) in [7, 11) is 1.55. The number of fused-ring (bicyclic) bond motifs is 1. The van der Waals surface area contributed by atoms with Crippen LogP contribution in [0.25, 0.3) is 10.2 Å². The molecule has 0 saturated heterocycles. The molecule has 5 nitrogen and oxygen atoms in total. The maximum absolute atomic E-state index is 12.0. The summed E-state index contributed by atoms with van der Waals surface area (Å²) in [5.41, 5.74) is 1.84. The molecule has 0 spiro atoms. The number of nitrogens with zero attached hydrogens (tertiary/aromatic N) is 1. The molecule has 0 radical (unpaired) electrons. The fourth-order valence-corrected chi connectivity index (χ4v) is 3.21. The summed E-state index contributed by atoms with van der Waals surface area (Å²) in [6, 6.07) is 11.0. The molecule has 0 unspecified atom stereocenters. The zero-order valence-electron chi connectivity index (χ0n) is 13.1. The molecule has 124 valence electrons. The van der Waals surface area contributed by atoms with Gasteiger partial charge in [0.1, 0.15) is 11.5 Å². The zero-order valence-corrected chi connectivity index (χ0v) is 14.7. The van der Waals surface area contributed by atoms with Crippen molar-refractivity contribution in [3.63, 3.8) is 0 Å². The number of methoxy groups -OCH3 is 1. The van der Waals surface area contributed by atoms with Crippen molar-refractivity contribution in [1.29, 1.82) is 0 Å². The number of halogens is 1. The van der Waals surface area contributed by atoms with Crippen LogP contribution in [-0.4, -0.2) is 24.6 Å². The number of aromatic nitrogens is 1. The van der Waals surface area contributed by atoms with Crippen LogP contribution in [0.4, 0.5) is 5.13 Å².